The molecular formula is C56H88N6O14. The number of rotatable bonds is 36. The Bertz CT molecular complexity index is 2220. The zero-order valence-electron chi connectivity index (χ0n) is 47.0. The lowest BCUT2D eigenvalue weighted by molar-refractivity contribution is -0.198. The van der Waals surface area contributed by atoms with Gasteiger partial charge in [0.1, 0.15) is 5.78 Å². The highest BCUT2D eigenvalue weighted by Gasteiger charge is 2.44. The number of amides is 5. The molecule has 2 aliphatic heterocycles. The van der Waals surface area contributed by atoms with Gasteiger partial charge in [0.05, 0.1) is 82.8 Å². The van der Waals surface area contributed by atoms with Gasteiger partial charge >= 0.3 is 5.97 Å². The van der Waals surface area contributed by atoms with Crippen LogP contribution < -0.4 is 5.73 Å². The number of imide groups is 1. The van der Waals surface area contributed by atoms with Gasteiger partial charge in [0.2, 0.25) is 17.7 Å². The number of ketones is 2. The average Bonchev–Trinajstić information content (AvgIpc) is 4.12. The summed E-state index contributed by atoms with van der Waals surface area (Å²) in [5.41, 5.74) is 7.71. The Morgan fingerprint density at radius 3 is 2.03 bits per heavy atom. The molecule has 20 heteroatoms. The van der Waals surface area contributed by atoms with Crippen LogP contribution in [0.2, 0.25) is 0 Å². The molecule has 426 valence electrons. The van der Waals surface area contributed by atoms with Crippen LogP contribution >= 0.6 is 0 Å². The summed E-state index contributed by atoms with van der Waals surface area (Å²) in [5.74, 6) is -5.26. The minimum absolute atomic E-state index is 0.0174. The number of likely N-dealkylation sites (N-methyl/N-ethyl adjacent to an activating group) is 2. The van der Waals surface area contributed by atoms with Gasteiger partial charge in [0.15, 0.2) is 5.78 Å². The first-order valence-corrected chi connectivity index (χ1v) is 27.2. The first-order valence-electron chi connectivity index (χ1n) is 27.2. The maximum Gasteiger partial charge on any atom is 0.335 e. The standard InChI is InChI=1S/C56H88N6O14/c1-12-37(6)53(47(71-10)33-50(67)61-22-15-18-44(61)54(72-11)38(7)45(63)31-39(55(57)69)30-40-34-58-43-17-14-13-16-41(40)43)60(9)56(70)42(35(2)3)32-46(64)52(36(4)5)59(8)23-25-74-27-29-75-28-26-73-24-21-51(68)76-62-48(65)19-20-49(62)66/h13-14,16-17,34-39,42,44,47,52-54,58H,12,15,18-33H2,1-11H3,(H2,57,69)/t37-,38-,39+,42-,44-,47+,52-,53-,54+/m0/s1. The lowest BCUT2D eigenvalue weighted by Gasteiger charge is -2.41. The molecule has 0 radical (unpaired) electrons. The smallest absolute Gasteiger partial charge is 0.335 e. The molecule has 1 aromatic heterocycles. The number of aromatic amines is 1. The number of carbonyl (C=O) groups is 8. The summed E-state index contributed by atoms with van der Waals surface area (Å²) in [6.45, 7) is 16.1. The van der Waals surface area contributed by atoms with Crippen LogP contribution in [0.5, 0.6) is 0 Å². The molecule has 9 atom stereocenters. The number of hydrogen-bond acceptors (Lipinski definition) is 15. The number of hydrogen-bond donors (Lipinski definition) is 2. The van der Waals surface area contributed by atoms with Crippen molar-refractivity contribution in [2.45, 2.75) is 143 Å². The highest BCUT2D eigenvalue weighted by molar-refractivity contribution is 6.01. The molecule has 76 heavy (non-hydrogen) atoms. The van der Waals surface area contributed by atoms with Gasteiger partial charge in [-0.25, -0.2) is 4.79 Å². The lowest BCUT2D eigenvalue weighted by atomic mass is 9.83. The number of carbonyl (C=O) groups excluding carboxylic acids is 8. The van der Waals surface area contributed by atoms with E-state index in [2.05, 4.69) is 4.98 Å². The van der Waals surface area contributed by atoms with Gasteiger partial charge in [0, 0.05) is 94.9 Å². The molecule has 0 unspecified atom stereocenters. The molecule has 0 saturated carbocycles. The Balaban J connectivity index is 1.29. The van der Waals surface area contributed by atoms with Crippen molar-refractivity contribution >= 4 is 58.0 Å². The molecule has 20 nitrogen and oxygen atoms in total. The van der Waals surface area contributed by atoms with Crippen molar-refractivity contribution in [3.05, 3.63) is 36.0 Å². The number of Topliss-reactive ketones (excluding diaryl/α,β-unsaturated/α-hetero) is 2. The monoisotopic (exact) mass is 1070 g/mol. The molecule has 2 aliphatic rings. The summed E-state index contributed by atoms with van der Waals surface area (Å²) in [6, 6.07) is 6.39. The fraction of sp³-hybridized carbons (Fsp3) is 0.714. The number of para-hydroxylation sites is 1. The van der Waals surface area contributed by atoms with E-state index >= 15 is 0 Å². The number of nitrogens with zero attached hydrogens (tertiary/aromatic N) is 4. The second-order valence-corrected chi connectivity index (χ2v) is 21.2. The van der Waals surface area contributed by atoms with E-state index in [0.717, 1.165) is 16.5 Å². The SMILES string of the molecule is CC[C@H](C)[C@@H]([C@@H](CC(=O)N1CCC[C@H]1[C@H](OC)[C@@H](C)C(=O)C[C@@H](Cc1c[nH]c2ccccc12)C(N)=O)OC)N(C)C(=O)[C@@H](CC(=O)[C@H](C(C)C)N(C)CCOCCOCCOCCC(=O)ON1C(=O)CCC1=O)C(C)C. The van der Waals surface area contributed by atoms with Crippen LogP contribution in [0.3, 0.4) is 0 Å². The molecule has 3 N–H and O–H groups in total. The summed E-state index contributed by atoms with van der Waals surface area (Å²) in [4.78, 5) is 119. The number of hydroxylamine groups is 2. The zero-order valence-corrected chi connectivity index (χ0v) is 47.0. The van der Waals surface area contributed by atoms with E-state index in [0.29, 0.717) is 63.7 Å². The Morgan fingerprint density at radius 1 is 0.803 bits per heavy atom. The Hall–Kier alpha value is -5.12. The minimum atomic E-state index is -0.735. The van der Waals surface area contributed by atoms with E-state index in [9.17, 15) is 38.4 Å². The van der Waals surface area contributed by atoms with Crippen molar-refractivity contribution in [3.63, 3.8) is 0 Å². The lowest BCUT2D eigenvalue weighted by Crippen LogP contribution is -2.54. The first kappa shape index (κ1) is 63.4. The average molecular weight is 1070 g/mol. The van der Waals surface area contributed by atoms with Crippen molar-refractivity contribution < 1.29 is 66.9 Å². The predicted molar refractivity (Wildman–Crippen MR) is 284 cm³/mol. The van der Waals surface area contributed by atoms with Gasteiger partial charge in [-0.05, 0) is 55.7 Å². The number of H-pyrrole nitrogens is 1. The number of ether oxygens (including phenoxy) is 5. The third kappa shape index (κ3) is 17.7. The maximum absolute atomic E-state index is 14.7. The number of fused-ring (bicyclic) bond motifs is 1. The molecule has 4 rings (SSSR count). The van der Waals surface area contributed by atoms with Crippen LogP contribution in [0, 0.1) is 35.5 Å². The van der Waals surface area contributed by atoms with Crippen LogP contribution in [0.1, 0.15) is 112 Å². The highest BCUT2D eigenvalue weighted by atomic mass is 16.7. The first-order chi connectivity index (χ1) is 36.2. The van der Waals surface area contributed by atoms with Crippen molar-refractivity contribution in [1.29, 1.82) is 0 Å². The van der Waals surface area contributed by atoms with E-state index < -0.39 is 71.8 Å². The molecule has 3 heterocycles. The van der Waals surface area contributed by atoms with E-state index in [1.165, 1.54) is 0 Å². The van der Waals surface area contributed by atoms with E-state index in [1.54, 1.807) is 38.0 Å². The van der Waals surface area contributed by atoms with Crippen molar-refractivity contribution in [2.24, 2.45) is 41.2 Å². The molecule has 1 aromatic carbocycles. The number of nitrogens with one attached hydrogen (secondary N) is 1. The number of primary amides is 1. The molecule has 5 amide bonds. The summed E-state index contributed by atoms with van der Waals surface area (Å²) in [5, 5.41) is 1.48. The summed E-state index contributed by atoms with van der Waals surface area (Å²) < 4.78 is 28.9. The zero-order chi connectivity index (χ0) is 56.2. The molecule has 0 spiro atoms. The number of methoxy groups -OCH3 is 2. The third-order valence-corrected chi connectivity index (χ3v) is 15.3. The molecule has 2 fully saturated rings. The summed E-state index contributed by atoms with van der Waals surface area (Å²) >= 11 is 0. The third-order valence-electron chi connectivity index (χ3n) is 15.3. The number of likely N-dealkylation sites (tertiary alicyclic amines) is 1. The summed E-state index contributed by atoms with van der Waals surface area (Å²) in [6.07, 6.45) is 2.76. The quantitative estimate of drug-likeness (QED) is 0.0679. The van der Waals surface area contributed by atoms with E-state index in [-0.39, 0.29) is 99.5 Å². The molecule has 0 bridgehead atoms. The molecule has 2 aromatic rings. The van der Waals surface area contributed by atoms with E-state index in [1.807, 2.05) is 84.0 Å². The van der Waals surface area contributed by atoms with Crippen molar-refractivity contribution in [3.8, 4) is 0 Å². The van der Waals surface area contributed by atoms with Crippen LogP contribution in [-0.2, 0) is 73.3 Å². The van der Waals surface area contributed by atoms with Crippen LogP contribution in [0.15, 0.2) is 30.5 Å². The highest BCUT2D eigenvalue weighted by Crippen LogP contribution is 2.32. The largest absolute Gasteiger partial charge is 0.379 e. The van der Waals surface area contributed by atoms with Gasteiger partial charge < -0.3 is 49.0 Å². The Kier molecular flexibility index (Phi) is 26.1. The summed E-state index contributed by atoms with van der Waals surface area (Å²) in [7, 11) is 6.71. The van der Waals surface area contributed by atoms with Crippen LogP contribution in [0.4, 0.5) is 0 Å². The van der Waals surface area contributed by atoms with Gasteiger partial charge in [-0.15, -0.1) is 5.06 Å². The van der Waals surface area contributed by atoms with Gasteiger partial charge in [-0.1, -0.05) is 73.1 Å². The fourth-order valence-electron chi connectivity index (χ4n) is 10.8. The molecule has 2 saturated heterocycles. The van der Waals surface area contributed by atoms with Crippen LogP contribution in [0.25, 0.3) is 10.9 Å². The van der Waals surface area contributed by atoms with Crippen molar-refractivity contribution in [2.75, 3.05) is 81.0 Å². The molecular weight excluding hydrogens is 981 g/mol. The van der Waals surface area contributed by atoms with Crippen molar-refractivity contribution in [1.82, 2.24) is 24.7 Å². The number of aromatic nitrogens is 1. The van der Waals surface area contributed by atoms with E-state index in [4.69, 9.17) is 34.3 Å². The topological polar surface area (TPSA) is 247 Å². The normalized spacial score (nSPS) is 18.3. The van der Waals surface area contributed by atoms with Gasteiger partial charge in [0.25, 0.3) is 11.8 Å². The van der Waals surface area contributed by atoms with Gasteiger partial charge in [-0.3, -0.25) is 38.5 Å². The number of benzene rings is 1. The number of nitrogens with two attached hydrogens (primary N) is 1. The second-order valence-electron chi connectivity index (χ2n) is 21.2. The Labute approximate surface area is 449 Å². The second kappa shape index (κ2) is 31.3. The minimum Gasteiger partial charge on any atom is -0.379 e. The molecule has 0 aliphatic carbocycles. The fourth-order valence-corrected chi connectivity index (χ4v) is 10.8. The predicted octanol–water partition coefficient (Wildman–Crippen LogP) is 4.93. The van der Waals surface area contributed by atoms with Gasteiger partial charge in [-0.2, -0.15) is 0 Å². The maximum atomic E-state index is 14.7. The Morgan fingerprint density at radius 2 is 1.43 bits per heavy atom. The van der Waals surface area contributed by atoms with Crippen LogP contribution in [-0.4, -0.2) is 183 Å².